The normalized spacial score (nSPS) is 21.0. The van der Waals surface area contributed by atoms with E-state index in [1.807, 2.05) is 18.2 Å². The summed E-state index contributed by atoms with van der Waals surface area (Å²) in [4.78, 5) is 6.96. The number of hydrogen-bond acceptors (Lipinski definition) is 8. The van der Waals surface area contributed by atoms with Crippen molar-refractivity contribution < 1.29 is 22.3 Å². The minimum atomic E-state index is -4.73. The summed E-state index contributed by atoms with van der Waals surface area (Å²) >= 11 is 0. The van der Waals surface area contributed by atoms with Crippen molar-refractivity contribution in [2.75, 3.05) is 23.3 Å². The summed E-state index contributed by atoms with van der Waals surface area (Å²) in [5, 5.41) is 15.6. The van der Waals surface area contributed by atoms with Crippen LogP contribution in [0.2, 0.25) is 0 Å². The lowest BCUT2D eigenvalue weighted by Crippen LogP contribution is -2.54. The molecule has 0 bridgehead atoms. The molecule has 11 heteroatoms. The van der Waals surface area contributed by atoms with Crippen molar-refractivity contribution >= 4 is 11.5 Å². The third-order valence-corrected chi connectivity index (χ3v) is 8.14. The van der Waals surface area contributed by atoms with Gasteiger partial charge in [0.05, 0.1) is 0 Å². The van der Waals surface area contributed by atoms with Crippen molar-refractivity contribution in [3.63, 3.8) is 0 Å². The molecule has 0 spiro atoms. The Kier molecular flexibility index (Phi) is 8.51. The fraction of sp³-hybridized carbons (Fsp3) is 0.406. The van der Waals surface area contributed by atoms with E-state index >= 15 is 0 Å². The number of alkyl halides is 3. The zero-order valence-electron chi connectivity index (χ0n) is 24.0. The Balaban J connectivity index is 1.09. The van der Waals surface area contributed by atoms with Crippen LogP contribution < -0.4 is 20.3 Å². The van der Waals surface area contributed by atoms with Gasteiger partial charge in [-0.2, -0.15) is 0 Å². The second-order valence-electron chi connectivity index (χ2n) is 11.3. The van der Waals surface area contributed by atoms with Crippen LogP contribution in [0.1, 0.15) is 44.4 Å². The number of aromatic nitrogens is 3. The van der Waals surface area contributed by atoms with Crippen molar-refractivity contribution in [1.82, 2.24) is 20.5 Å². The number of anilines is 2. The van der Waals surface area contributed by atoms with E-state index in [9.17, 15) is 13.2 Å². The smallest absolute Gasteiger partial charge is 0.421 e. The maximum Gasteiger partial charge on any atom is 0.573 e. The molecule has 43 heavy (non-hydrogen) atoms. The SMILES string of the molecule is Cc1nnc(-c2ccc(N3CCCC(NC4CCCCC4Nc4cc(-c5cccc(OC(F)(F)F)c5)ccn4)C3)cc2)o1. The van der Waals surface area contributed by atoms with Gasteiger partial charge in [0.1, 0.15) is 11.6 Å². The number of halogens is 3. The van der Waals surface area contributed by atoms with Gasteiger partial charge in [0.25, 0.3) is 0 Å². The molecule has 2 aromatic carbocycles. The predicted octanol–water partition coefficient (Wildman–Crippen LogP) is 6.99. The Morgan fingerprint density at radius 1 is 0.884 bits per heavy atom. The van der Waals surface area contributed by atoms with E-state index in [4.69, 9.17) is 4.42 Å². The van der Waals surface area contributed by atoms with Crippen LogP contribution in [0.15, 0.2) is 71.3 Å². The Morgan fingerprint density at radius 3 is 2.44 bits per heavy atom. The van der Waals surface area contributed by atoms with Crippen molar-refractivity contribution in [2.45, 2.75) is 69.9 Å². The molecule has 6 rings (SSSR count). The van der Waals surface area contributed by atoms with Gasteiger partial charge in [-0.25, -0.2) is 4.98 Å². The first kappa shape index (κ1) is 29.0. The Morgan fingerprint density at radius 2 is 1.67 bits per heavy atom. The van der Waals surface area contributed by atoms with E-state index in [2.05, 4.69) is 47.6 Å². The molecule has 2 aromatic heterocycles. The van der Waals surface area contributed by atoms with Crippen molar-refractivity contribution in [3.05, 3.63) is 72.8 Å². The maximum atomic E-state index is 12.7. The highest BCUT2D eigenvalue weighted by atomic mass is 19.4. The lowest BCUT2D eigenvalue weighted by Gasteiger charge is -2.40. The molecule has 2 fully saturated rings. The summed E-state index contributed by atoms with van der Waals surface area (Å²) < 4.78 is 47.9. The van der Waals surface area contributed by atoms with Crippen LogP contribution in [-0.2, 0) is 0 Å². The van der Waals surface area contributed by atoms with Crippen molar-refractivity contribution in [1.29, 1.82) is 0 Å². The van der Waals surface area contributed by atoms with Crippen LogP contribution >= 0.6 is 0 Å². The fourth-order valence-electron chi connectivity index (χ4n) is 6.13. The Bertz CT molecular complexity index is 1510. The molecule has 2 N–H and O–H groups in total. The van der Waals surface area contributed by atoms with Gasteiger partial charge in [-0.15, -0.1) is 23.4 Å². The molecule has 1 aliphatic heterocycles. The molecule has 0 amide bonds. The summed E-state index contributed by atoms with van der Waals surface area (Å²) in [5.74, 6) is 1.54. The lowest BCUT2D eigenvalue weighted by molar-refractivity contribution is -0.274. The molecule has 3 unspecified atom stereocenters. The number of ether oxygens (including phenoxy) is 1. The number of piperidine rings is 1. The maximum absolute atomic E-state index is 12.7. The van der Waals surface area contributed by atoms with Crippen LogP contribution in [0.5, 0.6) is 5.75 Å². The van der Waals surface area contributed by atoms with Gasteiger partial charge < -0.3 is 24.7 Å². The Hall–Kier alpha value is -4.12. The summed E-state index contributed by atoms with van der Waals surface area (Å²) in [6.45, 7) is 3.72. The largest absolute Gasteiger partial charge is 0.573 e. The van der Waals surface area contributed by atoms with E-state index in [0.717, 1.165) is 56.3 Å². The number of pyridine rings is 1. The third kappa shape index (κ3) is 7.45. The van der Waals surface area contributed by atoms with Crippen LogP contribution in [-0.4, -0.2) is 52.8 Å². The van der Waals surface area contributed by atoms with Gasteiger partial charge in [0.2, 0.25) is 11.8 Å². The topological polar surface area (TPSA) is 88.3 Å². The third-order valence-electron chi connectivity index (χ3n) is 8.14. The zero-order valence-corrected chi connectivity index (χ0v) is 24.0. The van der Waals surface area contributed by atoms with Gasteiger partial charge >= 0.3 is 6.36 Å². The van der Waals surface area contributed by atoms with Crippen LogP contribution in [0.3, 0.4) is 0 Å². The molecular formula is C32H35F3N6O2. The number of hydrogen-bond donors (Lipinski definition) is 2. The molecule has 1 saturated carbocycles. The Labute approximate surface area is 248 Å². The van der Waals surface area contributed by atoms with Gasteiger partial charge in [-0.1, -0.05) is 25.0 Å². The summed E-state index contributed by atoms with van der Waals surface area (Å²) in [7, 11) is 0. The molecule has 1 aliphatic carbocycles. The number of aryl methyl sites for hydroxylation is 1. The number of nitrogens with one attached hydrogen (secondary N) is 2. The number of nitrogens with zero attached hydrogens (tertiary/aromatic N) is 4. The summed E-state index contributed by atoms with van der Waals surface area (Å²) in [6.07, 6.45) is 3.56. The van der Waals surface area contributed by atoms with Gasteiger partial charge in [-0.3, -0.25) is 0 Å². The average molecular weight is 593 g/mol. The van der Waals surface area contributed by atoms with E-state index in [-0.39, 0.29) is 17.8 Å². The molecule has 4 aromatic rings. The fourth-order valence-corrected chi connectivity index (χ4v) is 6.13. The first-order chi connectivity index (χ1) is 20.8. The summed E-state index contributed by atoms with van der Waals surface area (Å²) in [6, 6.07) is 18.8. The zero-order chi connectivity index (χ0) is 29.8. The molecule has 8 nitrogen and oxygen atoms in total. The number of rotatable bonds is 8. The highest BCUT2D eigenvalue weighted by molar-refractivity contribution is 5.67. The first-order valence-corrected chi connectivity index (χ1v) is 14.8. The minimum Gasteiger partial charge on any atom is -0.421 e. The van der Waals surface area contributed by atoms with Gasteiger partial charge in [0.15, 0.2) is 0 Å². The van der Waals surface area contributed by atoms with Crippen LogP contribution in [0, 0.1) is 6.92 Å². The highest BCUT2D eigenvalue weighted by Gasteiger charge is 2.31. The van der Waals surface area contributed by atoms with Gasteiger partial charge in [-0.05, 0) is 85.3 Å². The van der Waals surface area contributed by atoms with Crippen molar-refractivity contribution in [2.24, 2.45) is 0 Å². The van der Waals surface area contributed by atoms with E-state index in [1.165, 1.54) is 24.2 Å². The highest BCUT2D eigenvalue weighted by Crippen LogP contribution is 2.30. The first-order valence-electron chi connectivity index (χ1n) is 14.8. The second kappa shape index (κ2) is 12.6. The van der Waals surface area contributed by atoms with Gasteiger partial charge in [0, 0.05) is 55.6 Å². The van der Waals surface area contributed by atoms with E-state index < -0.39 is 6.36 Å². The van der Waals surface area contributed by atoms with Crippen LogP contribution in [0.4, 0.5) is 24.7 Å². The lowest BCUT2D eigenvalue weighted by atomic mass is 9.89. The van der Waals surface area contributed by atoms with E-state index in [1.54, 1.807) is 31.3 Å². The second-order valence-corrected chi connectivity index (χ2v) is 11.3. The molecule has 3 heterocycles. The monoisotopic (exact) mass is 592 g/mol. The minimum absolute atomic E-state index is 0.198. The molecule has 0 radical (unpaired) electrons. The summed E-state index contributed by atoms with van der Waals surface area (Å²) in [5.41, 5.74) is 3.49. The average Bonchev–Trinajstić information content (AvgIpc) is 3.44. The molecule has 3 atom stereocenters. The number of benzene rings is 2. The molecule has 2 aliphatic rings. The molecular weight excluding hydrogens is 557 g/mol. The quantitative estimate of drug-likeness (QED) is 0.226. The molecule has 226 valence electrons. The standard InChI is InChI=1S/C32H35F3N6O2/c1-21-39-40-31(42-21)22-11-13-26(14-12-22)41-17-5-7-25(20-41)37-28-9-2-3-10-29(28)38-30-19-24(15-16-36-30)23-6-4-8-27(18-23)43-32(33,34)35/h4,6,8,11-16,18-19,25,28-29,37H,2-3,5,7,9-10,17,20H2,1H3,(H,36,38). The van der Waals surface area contributed by atoms with Crippen LogP contribution in [0.25, 0.3) is 22.6 Å². The predicted molar refractivity (Wildman–Crippen MR) is 159 cm³/mol. The van der Waals surface area contributed by atoms with E-state index in [0.29, 0.717) is 29.2 Å². The van der Waals surface area contributed by atoms with Crippen molar-refractivity contribution in [3.8, 4) is 28.3 Å². The molecule has 1 saturated heterocycles.